The van der Waals surface area contributed by atoms with Gasteiger partial charge in [0, 0.05) is 36.1 Å². The number of nitrogens with zero attached hydrogens (tertiary/aromatic N) is 5. The molecule has 3 aromatic rings. The summed E-state index contributed by atoms with van der Waals surface area (Å²) in [5, 5.41) is 8.73. The number of thioether (sulfide) groups is 1. The van der Waals surface area contributed by atoms with Crippen molar-refractivity contribution in [1.82, 2.24) is 14.9 Å². The number of nitrogens with one attached hydrogen (secondary N) is 2. The number of hydrogen-bond acceptors (Lipinski definition) is 9. The van der Waals surface area contributed by atoms with E-state index in [2.05, 4.69) is 48.8 Å². The molecule has 2 aromatic carbocycles. The molecule has 0 bridgehead atoms. The van der Waals surface area contributed by atoms with Gasteiger partial charge >= 0.3 is 0 Å². The molecule has 2 aliphatic rings. The molecule has 0 saturated carbocycles. The number of ether oxygens (including phenoxy) is 1. The fraction of sp³-hybridized carbons (Fsp3) is 0.259. The van der Waals surface area contributed by atoms with E-state index in [-0.39, 0.29) is 6.04 Å². The molecule has 1 atom stereocenters. The normalized spacial score (nSPS) is 18.6. The van der Waals surface area contributed by atoms with Crippen molar-refractivity contribution in [2.75, 3.05) is 36.5 Å². The number of amidine groups is 1. The van der Waals surface area contributed by atoms with Crippen molar-refractivity contribution in [3.8, 4) is 5.75 Å². The lowest BCUT2D eigenvalue weighted by molar-refractivity contribution is 0.437. The lowest BCUT2D eigenvalue weighted by Crippen LogP contribution is -2.16. The first-order chi connectivity index (χ1) is 17.5. The van der Waals surface area contributed by atoms with Crippen molar-refractivity contribution in [3.63, 3.8) is 0 Å². The highest BCUT2D eigenvalue weighted by molar-refractivity contribution is 8.14. The zero-order valence-electron chi connectivity index (χ0n) is 20.6. The van der Waals surface area contributed by atoms with E-state index >= 15 is 0 Å². The van der Waals surface area contributed by atoms with Gasteiger partial charge in [0.2, 0.25) is 0 Å². The first-order valence-corrected chi connectivity index (χ1v) is 12.9. The molecule has 1 aromatic heterocycles. The third-order valence-electron chi connectivity index (χ3n) is 5.72. The lowest BCUT2D eigenvalue weighted by Gasteiger charge is -2.14. The molecule has 3 heterocycles. The minimum atomic E-state index is 0.0243. The SMILES string of the molecule is Cc1cc(Nc2ncnc3ccc(NC4=NCCS4)cc23)ccc1OC1=CC(C)N=CN(C)C/C=C\1. The zero-order chi connectivity index (χ0) is 24.9. The number of benzene rings is 2. The summed E-state index contributed by atoms with van der Waals surface area (Å²) in [6.07, 6.45) is 9.53. The number of likely N-dealkylation sites (N-methyl/N-ethyl adjacent to an activating group) is 1. The number of allylic oxidation sites excluding steroid dienone is 1. The molecule has 2 aliphatic heterocycles. The van der Waals surface area contributed by atoms with Gasteiger partial charge < -0.3 is 20.3 Å². The van der Waals surface area contributed by atoms with Crippen LogP contribution in [-0.2, 0) is 0 Å². The summed E-state index contributed by atoms with van der Waals surface area (Å²) >= 11 is 1.73. The molecule has 5 rings (SSSR count). The van der Waals surface area contributed by atoms with Crippen LogP contribution in [0.25, 0.3) is 10.9 Å². The first-order valence-electron chi connectivity index (χ1n) is 11.9. The number of hydrogen-bond donors (Lipinski definition) is 2. The Morgan fingerprint density at radius 3 is 2.78 bits per heavy atom. The molecule has 2 N–H and O–H groups in total. The van der Waals surface area contributed by atoms with Crippen LogP contribution >= 0.6 is 11.8 Å². The Hall–Kier alpha value is -3.85. The minimum Gasteiger partial charge on any atom is -0.457 e. The van der Waals surface area contributed by atoms with E-state index in [0.717, 1.165) is 69.2 Å². The summed E-state index contributed by atoms with van der Waals surface area (Å²) in [6.45, 7) is 5.71. The number of anilines is 3. The average Bonchev–Trinajstić information content (AvgIpc) is 3.39. The van der Waals surface area contributed by atoms with E-state index in [1.807, 2.05) is 68.6 Å². The van der Waals surface area contributed by atoms with E-state index in [1.54, 1.807) is 18.1 Å². The molecular weight excluding hydrogens is 470 g/mol. The van der Waals surface area contributed by atoms with Crippen molar-refractivity contribution >= 4 is 51.4 Å². The van der Waals surface area contributed by atoms with Gasteiger partial charge in [-0.25, -0.2) is 9.97 Å². The van der Waals surface area contributed by atoms with Gasteiger partial charge in [0.05, 0.1) is 24.4 Å². The fourth-order valence-electron chi connectivity index (χ4n) is 3.88. The molecular formula is C27H29N7OS. The Labute approximate surface area is 215 Å². The number of aromatic nitrogens is 2. The van der Waals surface area contributed by atoms with Gasteiger partial charge in [-0.3, -0.25) is 9.98 Å². The van der Waals surface area contributed by atoms with E-state index in [4.69, 9.17) is 4.74 Å². The van der Waals surface area contributed by atoms with Crippen LogP contribution in [0.2, 0.25) is 0 Å². The van der Waals surface area contributed by atoms with Crippen molar-refractivity contribution in [3.05, 3.63) is 72.3 Å². The van der Waals surface area contributed by atoms with Crippen LogP contribution in [0, 0.1) is 6.92 Å². The fourth-order valence-corrected chi connectivity index (χ4v) is 4.63. The number of fused-ring (bicyclic) bond motifs is 1. The average molecular weight is 500 g/mol. The van der Waals surface area contributed by atoms with Crippen molar-refractivity contribution < 1.29 is 4.74 Å². The maximum Gasteiger partial charge on any atom is 0.161 e. The second-order valence-corrected chi connectivity index (χ2v) is 9.82. The molecule has 9 heteroatoms. The van der Waals surface area contributed by atoms with Crippen LogP contribution in [0.4, 0.5) is 17.2 Å². The van der Waals surface area contributed by atoms with Crippen LogP contribution in [0.3, 0.4) is 0 Å². The third-order valence-corrected chi connectivity index (χ3v) is 6.61. The topological polar surface area (TPSA) is 87.0 Å². The van der Waals surface area contributed by atoms with Crippen molar-refractivity contribution in [2.45, 2.75) is 19.9 Å². The van der Waals surface area contributed by atoms with Crippen LogP contribution in [-0.4, -0.2) is 58.3 Å². The van der Waals surface area contributed by atoms with Gasteiger partial charge in [-0.15, -0.1) is 0 Å². The van der Waals surface area contributed by atoms with E-state index in [9.17, 15) is 0 Å². The van der Waals surface area contributed by atoms with Gasteiger partial charge in [-0.05, 0) is 68.0 Å². The molecule has 0 radical (unpaired) electrons. The summed E-state index contributed by atoms with van der Waals surface area (Å²) in [7, 11) is 2.00. The lowest BCUT2D eigenvalue weighted by atomic mass is 10.1. The molecule has 0 amide bonds. The molecule has 0 saturated heterocycles. The quantitative estimate of drug-likeness (QED) is 0.487. The Balaban J connectivity index is 1.35. The summed E-state index contributed by atoms with van der Waals surface area (Å²) < 4.78 is 6.24. The highest BCUT2D eigenvalue weighted by atomic mass is 32.2. The maximum atomic E-state index is 6.24. The van der Waals surface area contributed by atoms with Crippen LogP contribution in [0.5, 0.6) is 5.75 Å². The highest BCUT2D eigenvalue weighted by Crippen LogP contribution is 2.30. The monoisotopic (exact) mass is 499 g/mol. The summed E-state index contributed by atoms with van der Waals surface area (Å²) in [5.74, 6) is 3.35. The Morgan fingerprint density at radius 2 is 1.94 bits per heavy atom. The smallest absolute Gasteiger partial charge is 0.161 e. The van der Waals surface area contributed by atoms with E-state index < -0.39 is 0 Å². The van der Waals surface area contributed by atoms with Gasteiger partial charge in [0.15, 0.2) is 5.17 Å². The first kappa shape index (κ1) is 23.9. The molecule has 184 valence electrons. The van der Waals surface area contributed by atoms with Crippen molar-refractivity contribution in [1.29, 1.82) is 0 Å². The summed E-state index contributed by atoms with van der Waals surface area (Å²) in [4.78, 5) is 20.0. The van der Waals surface area contributed by atoms with E-state index in [1.165, 1.54) is 0 Å². The van der Waals surface area contributed by atoms with Crippen LogP contribution in [0.15, 0.2) is 76.7 Å². The van der Waals surface area contributed by atoms with Gasteiger partial charge in [0.25, 0.3) is 0 Å². The zero-order valence-corrected chi connectivity index (χ0v) is 21.4. The standard InChI is InChI=1S/C27H29N7OS/c1-18-13-20(7-9-25(18)35-22-5-4-11-34(3)17-31-19(2)14-22)32-26-23-15-21(33-27-28-10-12-36-27)6-8-24(23)29-16-30-26/h4-9,13-17,19H,10-12H2,1-3H3,(H,28,33)(H,29,30,32)/b5-4-,22-14?,31-17?. The third kappa shape index (κ3) is 5.85. The predicted molar refractivity (Wildman–Crippen MR) is 151 cm³/mol. The van der Waals surface area contributed by atoms with Crippen molar-refractivity contribution in [2.24, 2.45) is 9.98 Å². The van der Waals surface area contributed by atoms with Crippen LogP contribution < -0.4 is 15.4 Å². The Morgan fingerprint density at radius 1 is 1.08 bits per heavy atom. The molecule has 1 unspecified atom stereocenters. The molecule has 36 heavy (non-hydrogen) atoms. The highest BCUT2D eigenvalue weighted by Gasteiger charge is 2.11. The predicted octanol–water partition coefficient (Wildman–Crippen LogP) is 5.38. The summed E-state index contributed by atoms with van der Waals surface area (Å²) in [5.41, 5.74) is 3.78. The van der Waals surface area contributed by atoms with Crippen LogP contribution in [0.1, 0.15) is 12.5 Å². The summed E-state index contributed by atoms with van der Waals surface area (Å²) in [6, 6.07) is 12.1. The molecule has 8 nitrogen and oxygen atoms in total. The number of aliphatic imine (C=N–C) groups is 2. The second kappa shape index (κ2) is 10.8. The largest absolute Gasteiger partial charge is 0.457 e. The number of rotatable bonds is 5. The van der Waals surface area contributed by atoms with E-state index in [0.29, 0.717) is 0 Å². The molecule has 0 aliphatic carbocycles. The Kier molecular flexibility index (Phi) is 7.18. The molecule has 0 spiro atoms. The minimum absolute atomic E-state index is 0.0243. The second-order valence-electron chi connectivity index (χ2n) is 8.74. The molecule has 0 fully saturated rings. The van der Waals surface area contributed by atoms with Gasteiger partial charge in [0.1, 0.15) is 23.7 Å². The number of aryl methyl sites for hydroxylation is 1. The maximum absolute atomic E-state index is 6.24. The van der Waals surface area contributed by atoms with Gasteiger partial charge in [-0.2, -0.15) is 0 Å². The van der Waals surface area contributed by atoms with Gasteiger partial charge in [-0.1, -0.05) is 17.8 Å². The Bertz CT molecular complexity index is 1380.